The number of carbonyl (C=O) groups is 1. The second kappa shape index (κ2) is 10.2. The fourth-order valence-corrected chi connectivity index (χ4v) is 2.98. The van der Waals surface area contributed by atoms with Gasteiger partial charge in [0.2, 0.25) is 0 Å². The Labute approximate surface area is 166 Å². The van der Waals surface area contributed by atoms with Crippen LogP contribution in [0.2, 0.25) is 5.02 Å². The van der Waals surface area contributed by atoms with Gasteiger partial charge in [0.1, 0.15) is 11.5 Å². The molecule has 0 aromatic heterocycles. The van der Waals surface area contributed by atoms with Crippen molar-refractivity contribution in [3.05, 3.63) is 59.1 Å². The predicted molar refractivity (Wildman–Crippen MR) is 109 cm³/mol. The van der Waals surface area contributed by atoms with Crippen molar-refractivity contribution in [3.8, 4) is 11.5 Å². The van der Waals surface area contributed by atoms with E-state index in [-0.39, 0.29) is 11.9 Å². The molecule has 0 saturated heterocycles. The van der Waals surface area contributed by atoms with Crippen molar-refractivity contribution in [2.75, 3.05) is 7.11 Å². The summed E-state index contributed by atoms with van der Waals surface area (Å²) < 4.78 is 11.1. The molecule has 0 aliphatic carbocycles. The summed E-state index contributed by atoms with van der Waals surface area (Å²) in [6, 6.07) is 14.8. The molecule has 0 saturated carbocycles. The van der Waals surface area contributed by atoms with Gasteiger partial charge in [0.15, 0.2) is 6.10 Å². The lowest BCUT2D eigenvalue weighted by molar-refractivity contribution is -0.129. The molecule has 0 fully saturated rings. The van der Waals surface area contributed by atoms with Crippen LogP contribution in [0.15, 0.2) is 48.5 Å². The van der Waals surface area contributed by atoms with Gasteiger partial charge >= 0.3 is 0 Å². The minimum Gasteiger partial charge on any atom is -0.497 e. The summed E-state index contributed by atoms with van der Waals surface area (Å²) >= 11 is 5.91. The zero-order valence-corrected chi connectivity index (χ0v) is 17.1. The van der Waals surface area contributed by atoms with E-state index in [1.54, 1.807) is 31.4 Å². The highest BCUT2D eigenvalue weighted by Crippen LogP contribution is 2.24. The molecule has 2 atom stereocenters. The molecule has 5 heteroatoms. The minimum absolute atomic E-state index is 0.0775. The Balaban J connectivity index is 2.10. The Bertz CT molecular complexity index is 713. The van der Waals surface area contributed by atoms with Gasteiger partial charge in [0.25, 0.3) is 5.91 Å². The van der Waals surface area contributed by atoms with E-state index >= 15 is 0 Å². The summed E-state index contributed by atoms with van der Waals surface area (Å²) in [5.74, 6) is 1.75. The molecular formula is C22H28ClNO3. The van der Waals surface area contributed by atoms with E-state index in [0.29, 0.717) is 23.1 Å². The quantitative estimate of drug-likeness (QED) is 0.623. The van der Waals surface area contributed by atoms with Gasteiger partial charge in [-0.05, 0) is 60.7 Å². The third-order valence-electron chi connectivity index (χ3n) is 4.30. The smallest absolute Gasteiger partial charge is 0.261 e. The number of rotatable bonds is 9. The first-order chi connectivity index (χ1) is 12.9. The Morgan fingerprint density at radius 1 is 1.04 bits per heavy atom. The van der Waals surface area contributed by atoms with Gasteiger partial charge in [-0.2, -0.15) is 0 Å². The third kappa shape index (κ3) is 6.47. The number of carbonyl (C=O) groups excluding carboxylic acids is 1. The lowest BCUT2D eigenvalue weighted by atomic mass is 9.96. The number of ether oxygens (including phenoxy) is 2. The lowest BCUT2D eigenvalue weighted by Crippen LogP contribution is -2.40. The fourth-order valence-electron chi connectivity index (χ4n) is 2.85. The average Bonchev–Trinajstić information content (AvgIpc) is 2.66. The van der Waals surface area contributed by atoms with Crippen LogP contribution in [-0.2, 0) is 4.79 Å². The van der Waals surface area contributed by atoms with Crippen molar-refractivity contribution in [2.24, 2.45) is 5.92 Å². The molecule has 0 radical (unpaired) electrons. The molecule has 146 valence electrons. The first kappa shape index (κ1) is 21.1. The summed E-state index contributed by atoms with van der Waals surface area (Å²) in [5.41, 5.74) is 1.05. The van der Waals surface area contributed by atoms with E-state index in [4.69, 9.17) is 21.1 Å². The number of nitrogens with one attached hydrogen (secondary N) is 1. The van der Waals surface area contributed by atoms with Crippen molar-refractivity contribution in [1.29, 1.82) is 0 Å². The molecule has 27 heavy (non-hydrogen) atoms. The van der Waals surface area contributed by atoms with Crippen LogP contribution in [0, 0.1) is 5.92 Å². The molecule has 0 unspecified atom stereocenters. The van der Waals surface area contributed by atoms with Crippen LogP contribution in [0.25, 0.3) is 0 Å². The zero-order valence-electron chi connectivity index (χ0n) is 16.4. The van der Waals surface area contributed by atoms with Gasteiger partial charge in [-0.15, -0.1) is 0 Å². The summed E-state index contributed by atoms with van der Waals surface area (Å²) in [6.45, 7) is 6.22. The summed E-state index contributed by atoms with van der Waals surface area (Å²) in [6.07, 6.45) is 0.861. The standard InChI is InChI=1S/C22H28ClNO3/c1-5-21(27-19-12-8-17(23)9-13-19)22(25)24-20(14-15(2)3)16-6-10-18(26-4)11-7-16/h6-13,15,20-21H,5,14H2,1-4H3,(H,24,25)/t20-,21-/m1/s1. The summed E-state index contributed by atoms with van der Waals surface area (Å²) in [4.78, 5) is 12.8. The van der Waals surface area contributed by atoms with E-state index in [0.717, 1.165) is 17.7 Å². The molecule has 0 aliphatic heterocycles. The van der Waals surface area contributed by atoms with Crippen LogP contribution in [0.1, 0.15) is 45.2 Å². The Morgan fingerprint density at radius 3 is 2.15 bits per heavy atom. The molecule has 0 heterocycles. The molecule has 4 nitrogen and oxygen atoms in total. The molecule has 2 aromatic rings. The van der Waals surface area contributed by atoms with E-state index < -0.39 is 6.10 Å². The summed E-state index contributed by atoms with van der Waals surface area (Å²) in [5, 5.41) is 3.79. The second-order valence-corrected chi connectivity index (χ2v) is 7.37. The topological polar surface area (TPSA) is 47.6 Å². The van der Waals surface area contributed by atoms with Crippen LogP contribution in [-0.4, -0.2) is 19.1 Å². The van der Waals surface area contributed by atoms with Crippen LogP contribution in [0.4, 0.5) is 0 Å². The Hall–Kier alpha value is -2.20. The normalized spacial score (nSPS) is 13.1. The first-order valence-corrected chi connectivity index (χ1v) is 9.67. The number of halogens is 1. The maximum atomic E-state index is 12.8. The van der Waals surface area contributed by atoms with Crippen LogP contribution in [0.3, 0.4) is 0 Å². The number of hydrogen-bond acceptors (Lipinski definition) is 3. The Morgan fingerprint density at radius 2 is 1.63 bits per heavy atom. The average molecular weight is 390 g/mol. The number of benzene rings is 2. The first-order valence-electron chi connectivity index (χ1n) is 9.29. The van der Waals surface area contributed by atoms with E-state index in [2.05, 4.69) is 19.2 Å². The zero-order chi connectivity index (χ0) is 19.8. The molecule has 1 N–H and O–H groups in total. The molecule has 1 amide bonds. The highest BCUT2D eigenvalue weighted by Gasteiger charge is 2.23. The van der Waals surface area contributed by atoms with Gasteiger partial charge in [-0.25, -0.2) is 0 Å². The van der Waals surface area contributed by atoms with Crippen molar-refractivity contribution in [1.82, 2.24) is 5.32 Å². The van der Waals surface area contributed by atoms with Gasteiger partial charge < -0.3 is 14.8 Å². The number of hydrogen-bond donors (Lipinski definition) is 1. The molecule has 0 aliphatic rings. The SMILES string of the molecule is CC[C@@H](Oc1ccc(Cl)cc1)C(=O)N[C@H](CC(C)C)c1ccc(OC)cc1. The highest BCUT2D eigenvalue weighted by atomic mass is 35.5. The number of methoxy groups -OCH3 is 1. The van der Waals surface area contributed by atoms with Gasteiger partial charge in [-0.3, -0.25) is 4.79 Å². The molecule has 0 spiro atoms. The van der Waals surface area contributed by atoms with Crippen LogP contribution in [0.5, 0.6) is 11.5 Å². The van der Waals surface area contributed by atoms with Gasteiger partial charge in [0, 0.05) is 5.02 Å². The maximum Gasteiger partial charge on any atom is 0.261 e. The Kier molecular flexibility index (Phi) is 7.99. The maximum absolute atomic E-state index is 12.8. The third-order valence-corrected chi connectivity index (χ3v) is 4.55. The predicted octanol–water partition coefficient (Wildman–Crippen LogP) is 5.41. The van der Waals surface area contributed by atoms with E-state index in [1.807, 2.05) is 31.2 Å². The second-order valence-electron chi connectivity index (χ2n) is 6.93. The lowest BCUT2D eigenvalue weighted by Gasteiger charge is -2.24. The fraction of sp³-hybridized carbons (Fsp3) is 0.409. The molecule has 0 bridgehead atoms. The molecule has 2 aromatic carbocycles. The summed E-state index contributed by atoms with van der Waals surface area (Å²) in [7, 11) is 1.64. The van der Waals surface area contributed by atoms with Crippen molar-refractivity contribution < 1.29 is 14.3 Å². The largest absolute Gasteiger partial charge is 0.497 e. The minimum atomic E-state index is -0.556. The van der Waals surface area contributed by atoms with Gasteiger partial charge in [0.05, 0.1) is 13.2 Å². The van der Waals surface area contributed by atoms with Crippen molar-refractivity contribution >= 4 is 17.5 Å². The monoisotopic (exact) mass is 389 g/mol. The van der Waals surface area contributed by atoms with Crippen molar-refractivity contribution in [3.63, 3.8) is 0 Å². The highest BCUT2D eigenvalue weighted by molar-refractivity contribution is 6.30. The van der Waals surface area contributed by atoms with Gasteiger partial charge in [-0.1, -0.05) is 44.5 Å². The van der Waals surface area contributed by atoms with Crippen molar-refractivity contribution in [2.45, 2.75) is 45.8 Å². The van der Waals surface area contributed by atoms with Crippen LogP contribution >= 0.6 is 11.6 Å². The molecular weight excluding hydrogens is 362 g/mol. The van der Waals surface area contributed by atoms with E-state index in [1.165, 1.54) is 0 Å². The number of amides is 1. The van der Waals surface area contributed by atoms with E-state index in [9.17, 15) is 4.79 Å². The molecule has 2 rings (SSSR count). The van der Waals surface area contributed by atoms with Crippen LogP contribution < -0.4 is 14.8 Å².